The fourth-order valence-electron chi connectivity index (χ4n) is 1.83. The third-order valence-corrected chi connectivity index (χ3v) is 2.96. The molecule has 1 rings (SSSR count). The number of rotatable bonds is 4. The number of ether oxygens (including phenoxy) is 1. The Kier molecular flexibility index (Phi) is 7.15. The van der Waals surface area contributed by atoms with Crippen LogP contribution in [0.2, 0.25) is 0 Å². The van der Waals surface area contributed by atoms with Gasteiger partial charge in [0, 0.05) is 6.54 Å². The van der Waals surface area contributed by atoms with Crippen LogP contribution in [-0.4, -0.2) is 37.6 Å². The third kappa shape index (κ3) is 4.91. The van der Waals surface area contributed by atoms with Crippen molar-refractivity contribution in [3.63, 3.8) is 0 Å². The largest absolute Gasteiger partial charge is 0.469 e. The summed E-state index contributed by atoms with van der Waals surface area (Å²) >= 11 is 0. The van der Waals surface area contributed by atoms with Gasteiger partial charge in [0.25, 0.3) is 0 Å². The number of carbonyl (C=O) groups excluding carboxylic acids is 2. The molecule has 5 nitrogen and oxygen atoms in total. The average molecular weight is 265 g/mol. The summed E-state index contributed by atoms with van der Waals surface area (Å²) in [7, 11) is 1.34. The summed E-state index contributed by atoms with van der Waals surface area (Å²) in [5.41, 5.74) is -0.478. The van der Waals surface area contributed by atoms with E-state index in [2.05, 4.69) is 15.4 Å². The molecule has 1 aliphatic rings. The van der Waals surface area contributed by atoms with Gasteiger partial charge >= 0.3 is 5.97 Å². The van der Waals surface area contributed by atoms with Crippen LogP contribution in [0.5, 0.6) is 0 Å². The van der Waals surface area contributed by atoms with E-state index in [4.69, 9.17) is 0 Å². The van der Waals surface area contributed by atoms with Gasteiger partial charge < -0.3 is 15.4 Å². The van der Waals surface area contributed by atoms with Crippen molar-refractivity contribution in [2.75, 3.05) is 20.2 Å². The highest BCUT2D eigenvalue weighted by atomic mass is 35.5. The number of hydrogen-bond donors (Lipinski definition) is 2. The summed E-state index contributed by atoms with van der Waals surface area (Å²) in [4.78, 5) is 22.7. The quantitative estimate of drug-likeness (QED) is 0.731. The van der Waals surface area contributed by atoms with Crippen molar-refractivity contribution in [1.29, 1.82) is 0 Å². The van der Waals surface area contributed by atoms with Gasteiger partial charge in [-0.3, -0.25) is 9.59 Å². The Balaban J connectivity index is 0.00000256. The summed E-state index contributed by atoms with van der Waals surface area (Å²) in [6, 6.07) is 0. The van der Waals surface area contributed by atoms with Crippen LogP contribution < -0.4 is 10.6 Å². The number of hydrogen-bond acceptors (Lipinski definition) is 4. The lowest BCUT2D eigenvalue weighted by atomic mass is 9.90. The first-order valence-electron chi connectivity index (χ1n) is 5.68. The second-order valence-electron chi connectivity index (χ2n) is 4.30. The SMILES string of the molecule is COC(=O)CCNC(=O)C1(C)CCCCN1.Cl. The molecule has 1 aliphatic heterocycles. The number of piperidine rings is 1. The van der Waals surface area contributed by atoms with E-state index >= 15 is 0 Å². The molecule has 0 aromatic heterocycles. The second kappa shape index (κ2) is 7.50. The van der Waals surface area contributed by atoms with Crippen LogP contribution in [0.3, 0.4) is 0 Å². The number of methoxy groups -OCH3 is 1. The minimum absolute atomic E-state index is 0. The summed E-state index contributed by atoms with van der Waals surface area (Å²) < 4.78 is 4.50. The van der Waals surface area contributed by atoms with Crippen molar-refractivity contribution in [3.8, 4) is 0 Å². The predicted molar refractivity (Wildman–Crippen MR) is 67.1 cm³/mol. The van der Waals surface area contributed by atoms with E-state index in [0.29, 0.717) is 6.54 Å². The molecule has 0 aromatic rings. The number of halogens is 1. The van der Waals surface area contributed by atoms with Crippen LogP contribution in [-0.2, 0) is 14.3 Å². The van der Waals surface area contributed by atoms with Gasteiger partial charge in [-0.15, -0.1) is 12.4 Å². The molecule has 6 heteroatoms. The molecular formula is C11H21ClN2O3. The molecular weight excluding hydrogens is 244 g/mol. The summed E-state index contributed by atoms with van der Waals surface area (Å²) in [6.45, 7) is 3.11. The van der Waals surface area contributed by atoms with Crippen molar-refractivity contribution in [2.24, 2.45) is 0 Å². The van der Waals surface area contributed by atoms with Gasteiger partial charge in [-0.25, -0.2) is 0 Å². The van der Waals surface area contributed by atoms with Gasteiger partial charge in [0.2, 0.25) is 5.91 Å². The smallest absolute Gasteiger partial charge is 0.307 e. The minimum atomic E-state index is -0.478. The van der Waals surface area contributed by atoms with E-state index in [-0.39, 0.29) is 30.7 Å². The van der Waals surface area contributed by atoms with Gasteiger partial charge in [0.1, 0.15) is 0 Å². The van der Waals surface area contributed by atoms with E-state index in [1.54, 1.807) is 0 Å². The Labute approximate surface area is 108 Å². The topological polar surface area (TPSA) is 67.4 Å². The lowest BCUT2D eigenvalue weighted by Gasteiger charge is -2.33. The maximum Gasteiger partial charge on any atom is 0.307 e. The first-order valence-corrected chi connectivity index (χ1v) is 5.68. The van der Waals surface area contributed by atoms with Gasteiger partial charge in [-0.05, 0) is 32.7 Å². The van der Waals surface area contributed by atoms with E-state index in [0.717, 1.165) is 25.8 Å². The van der Waals surface area contributed by atoms with E-state index in [1.165, 1.54) is 7.11 Å². The van der Waals surface area contributed by atoms with Crippen molar-refractivity contribution in [3.05, 3.63) is 0 Å². The normalized spacial score (nSPS) is 23.4. The lowest BCUT2D eigenvalue weighted by molar-refractivity contribution is -0.140. The Bertz CT molecular complexity index is 265. The molecule has 0 spiro atoms. The molecule has 1 unspecified atom stereocenters. The van der Waals surface area contributed by atoms with Crippen LogP contribution in [0, 0.1) is 0 Å². The van der Waals surface area contributed by atoms with E-state index < -0.39 is 5.54 Å². The number of nitrogens with one attached hydrogen (secondary N) is 2. The van der Waals surface area contributed by atoms with Gasteiger partial charge in [0.05, 0.1) is 19.1 Å². The molecule has 1 atom stereocenters. The maximum absolute atomic E-state index is 11.9. The average Bonchev–Trinajstić information content (AvgIpc) is 2.29. The molecule has 1 saturated heterocycles. The highest BCUT2D eigenvalue weighted by Gasteiger charge is 2.33. The number of carbonyl (C=O) groups is 2. The molecule has 0 aliphatic carbocycles. The van der Waals surface area contributed by atoms with Crippen LogP contribution in [0.15, 0.2) is 0 Å². The molecule has 0 bridgehead atoms. The van der Waals surface area contributed by atoms with Crippen LogP contribution in [0.1, 0.15) is 32.6 Å². The Morgan fingerprint density at radius 2 is 2.12 bits per heavy atom. The first-order chi connectivity index (χ1) is 7.58. The van der Waals surface area contributed by atoms with Crippen molar-refractivity contribution >= 4 is 24.3 Å². The molecule has 0 aromatic carbocycles. The number of esters is 1. The Morgan fingerprint density at radius 3 is 2.65 bits per heavy atom. The van der Waals surface area contributed by atoms with Gasteiger partial charge in [0.15, 0.2) is 0 Å². The maximum atomic E-state index is 11.9. The highest BCUT2D eigenvalue weighted by Crippen LogP contribution is 2.18. The Morgan fingerprint density at radius 1 is 1.41 bits per heavy atom. The molecule has 17 heavy (non-hydrogen) atoms. The zero-order valence-corrected chi connectivity index (χ0v) is 11.2. The fourth-order valence-corrected chi connectivity index (χ4v) is 1.83. The zero-order valence-electron chi connectivity index (χ0n) is 10.4. The van der Waals surface area contributed by atoms with Crippen LogP contribution in [0.4, 0.5) is 0 Å². The standard InChI is InChI=1S/C11H20N2O3.ClH/c1-11(6-3-4-7-13-11)10(15)12-8-5-9(14)16-2;/h13H,3-8H2,1-2H3,(H,12,15);1H. The molecule has 0 saturated carbocycles. The second-order valence-corrected chi connectivity index (χ2v) is 4.30. The molecule has 1 fully saturated rings. The monoisotopic (exact) mass is 264 g/mol. The lowest BCUT2D eigenvalue weighted by Crippen LogP contribution is -2.57. The molecule has 1 heterocycles. The van der Waals surface area contributed by atoms with Crippen molar-refractivity contribution in [2.45, 2.75) is 38.1 Å². The van der Waals surface area contributed by atoms with Gasteiger partial charge in [-0.2, -0.15) is 0 Å². The molecule has 0 radical (unpaired) electrons. The van der Waals surface area contributed by atoms with E-state index in [9.17, 15) is 9.59 Å². The fraction of sp³-hybridized carbons (Fsp3) is 0.818. The summed E-state index contributed by atoms with van der Waals surface area (Å²) in [5.74, 6) is -0.335. The van der Waals surface area contributed by atoms with Gasteiger partial charge in [-0.1, -0.05) is 0 Å². The third-order valence-electron chi connectivity index (χ3n) is 2.96. The minimum Gasteiger partial charge on any atom is -0.469 e. The summed E-state index contributed by atoms with van der Waals surface area (Å²) in [5, 5.41) is 5.97. The van der Waals surface area contributed by atoms with E-state index in [1.807, 2.05) is 6.92 Å². The van der Waals surface area contributed by atoms with Crippen molar-refractivity contribution in [1.82, 2.24) is 10.6 Å². The predicted octanol–water partition coefficient (Wildman–Crippen LogP) is 0.620. The van der Waals surface area contributed by atoms with Crippen molar-refractivity contribution < 1.29 is 14.3 Å². The van der Waals surface area contributed by atoms with Crippen LogP contribution >= 0.6 is 12.4 Å². The zero-order chi connectivity index (χ0) is 12.0. The summed E-state index contributed by atoms with van der Waals surface area (Å²) in [6.07, 6.45) is 3.24. The number of amides is 1. The molecule has 2 N–H and O–H groups in total. The molecule has 100 valence electrons. The molecule has 1 amide bonds. The van der Waals surface area contributed by atoms with Crippen LogP contribution in [0.25, 0.3) is 0 Å². The Hall–Kier alpha value is -0.810. The first kappa shape index (κ1) is 16.2. The highest BCUT2D eigenvalue weighted by molar-refractivity contribution is 5.86.